The number of thiazole rings is 1. The van der Waals surface area contributed by atoms with Crippen LogP contribution in [0.2, 0.25) is 0 Å². The van der Waals surface area contributed by atoms with Gasteiger partial charge in [-0.1, -0.05) is 60.7 Å². The highest BCUT2D eigenvalue weighted by atomic mass is 32.1. The summed E-state index contributed by atoms with van der Waals surface area (Å²) < 4.78 is 0. The zero-order valence-electron chi connectivity index (χ0n) is 16.0. The van der Waals surface area contributed by atoms with E-state index in [0.29, 0.717) is 6.42 Å². The van der Waals surface area contributed by atoms with Gasteiger partial charge in [-0.3, -0.25) is 9.69 Å². The van der Waals surface area contributed by atoms with Gasteiger partial charge in [-0.25, -0.2) is 4.98 Å². The van der Waals surface area contributed by atoms with Crippen molar-refractivity contribution in [1.29, 1.82) is 0 Å². The van der Waals surface area contributed by atoms with Crippen LogP contribution in [0.25, 0.3) is 11.3 Å². The number of carbonyl (C=O) groups is 1. The van der Waals surface area contributed by atoms with Crippen LogP contribution in [0.15, 0.2) is 66.0 Å². The first-order valence-corrected chi connectivity index (χ1v) is 10.7. The Morgan fingerprint density at radius 1 is 0.929 bits per heavy atom. The van der Waals surface area contributed by atoms with E-state index in [1.165, 1.54) is 11.1 Å². The molecule has 5 heteroatoms. The number of hydrogen-bond acceptors (Lipinski definition) is 4. The molecule has 2 heterocycles. The summed E-state index contributed by atoms with van der Waals surface area (Å²) in [5, 5.41) is 3.27. The van der Waals surface area contributed by atoms with Gasteiger partial charge in [0.1, 0.15) is 5.01 Å². The van der Waals surface area contributed by atoms with Crippen LogP contribution in [0.1, 0.15) is 17.0 Å². The predicted octanol–water partition coefficient (Wildman–Crippen LogP) is 4.09. The molecule has 4 nitrogen and oxygen atoms in total. The van der Waals surface area contributed by atoms with Crippen LogP contribution in [-0.2, 0) is 17.8 Å². The van der Waals surface area contributed by atoms with Crippen molar-refractivity contribution in [2.75, 3.05) is 26.2 Å². The highest BCUT2D eigenvalue weighted by molar-refractivity contribution is 7.09. The van der Waals surface area contributed by atoms with Crippen molar-refractivity contribution in [3.8, 4) is 11.3 Å². The molecule has 1 aromatic heterocycles. The molecule has 4 rings (SSSR count). The summed E-state index contributed by atoms with van der Waals surface area (Å²) in [6.45, 7) is 4.31. The van der Waals surface area contributed by atoms with Gasteiger partial charge < -0.3 is 4.90 Å². The Morgan fingerprint density at radius 2 is 1.61 bits per heavy atom. The van der Waals surface area contributed by atoms with Crippen LogP contribution >= 0.6 is 11.3 Å². The van der Waals surface area contributed by atoms with Gasteiger partial charge in [-0.05, 0) is 12.0 Å². The molecule has 28 heavy (non-hydrogen) atoms. The fourth-order valence-corrected chi connectivity index (χ4v) is 4.37. The van der Waals surface area contributed by atoms with E-state index in [1.807, 2.05) is 41.3 Å². The second kappa shape index (κ2) is 9.13. The molecule has 1 aliphatic heterocycles. The molecule has 1 amide bonds. The van der Waals surface area contributed by atoms with Crippen LogP contribution in [-0.4, -0.2) is 46.9 Å². The van der Waals surface area contributed by atoms with E-state index in [4.69, 9.17) is 4.98 Å². The molecule has 0 spiro atoms. The summed E-state index contributed by atoms with van der Waals surface area (Å²) in [7, 11) is 0. The first-order chi connectivity index (χ1) is 13.8. The molecule has 0 radical (unpaired) electrons. The van der Waals surface area contributed by atoms with Crippen LogP contribution in [0.3, 0.4) is 0 Å². The van der Waals surface area contributed by atoms with Crippen LogP contribution < -0.4 is 0 Å². The SMILES string of the molecule is O=C(CCc1ccccc1)N1CCN(Cc2nc(-c3ccccc3)cs2)CC1. The minimum absolute atomic E-state index is 0.268. The quantitative estimate of drug-likeness (QED) is 0.635. The number of aryl methyl sites for hydroxylation is 1. The maximum Gasteiger partial charge on any atom is 0.222 e. The van der Waals surface area contributed by atoms with Crippen molar-refractivity contribution in [2.45, 2.75) is 19.4 Å². The van der Waals surface area contributed by atoms with Crippen LogP contribution in [0.4, 0.5) is 0 Å². The maximum absolute atomic E-state index is 12.5. The molecule has 1 fully saturated rings. The van der Waals surface area contributed by atoms with Crippen molar-refractivity contribution in [3.05, 3.63) is 76.6 Å². The lowest BCUT2D eigenvalue weighted by molar-refractivity contribution is -0.133. The summed E-state index contributed by atoms with van der Waals surface area (Å²) in [5.74, 6) is 0.268. The van der Waals surface area contributed by atoms with Gasteiger partial charge in [0.25, 0.3) is 0 Å². The molecule has 1 saturated heterocycles. The van der Waals surface area contributed by atoms with Crippen molar-refractivity contribution in [1.82, 2.24) is 14.8 Å². The Balaban J connectivity index is 1.24. The fourth-order valence-electron chi connectivity index (χ4n) is 3.53. The number of carbonyl (C=O) groups excluding carboxylic acids is 1. The zero-order chi connectivity index (χ0) is 19.2. The number of nitrogens with zero attached hydrogens (tertiary/aromatic N) is 3. The third kappa shape index (κ3) is 4.86. The third-order valence-electron chi connectivity index (χ3n) is 5.18. The third-order valence-corrected chi connectivity index (χ3v) is 6.01. The maximum atomic E-state index is 12.5. The lowest BCUT2D eigenvalue weighted by atomic mass is 10.1. The molecular formula is C23H25N3OS. The second-order valence-electron chi connectivity index (χ2n) is 7.14. The van der Waals surface area contributed by atoms with Gasteiger partial charge in [-0.15, -0.1) is 11.3 Å². The zero-order valence-corrected chi connectivity index (χ0v) is 16.8. The summed E-state index contributed by atoms with van der Waals surface area (Å²) in [4.78, 5) is 21.7. The lowest BCUT2D eigenvalue weighted by Crippen LogP contribution is -2.48. The Morgan fingerprint density at radius 3 is 2.32 bits per heavy atom. The number of piperazine rings is 1. The average Bonchev–Trinajstić information content (AvgIpc) is 3.22. The Hall–Kier alpha value is -2.50. The minimum Gasteiger partial charge on any atom is -0.340 e. The molecule has 144 valence electrons. The highest BCUT2D eigenvalue weighted by Crippen LogP contribution is 2.22. The molecular weight excluding hydrogens is 366 g/mol. The van der Waals surface area contributed by atoms with E-state index in [9.17, 15) is 4.79 Å². The minimum atomic E-state index is 0.268. The summed E-state index contributed by atoms with van der Waals surface area (Å²) in [6, 6.07) is 20.5. The predicted molar refractivity (Wildman–Crippen MR) is 114 cm³/mol. The summed E-state index contributed by atoms with van der Waals surface area (Å²) >= 11 is 1.72. The van der Waals surface area contributed by atoms with Crippen LogP contribution in [0, 0.1) is 0 Å². The molecule has 1 aliphatic rings. The highest BCUT2D eigenvalue weighted by Gasteiger charge is 2.21. The van der Waals surface area contributed by atoms with Gasteiger partial charge in [0.05, 0.1) is 12.2 Å². The molecule has 0 aliphatic carbocycles. The van der Waals surface area contributed by atoms with Crippen molar-refractivity contribution in [2.24, 2.45) is 0 Å². The number of hydrogen-bond donors (Lipinski definition) is 0. The van der Waals surface area contributed by atoms with E-state index in [0.717, 1.165) is 49.8 Å². The van der Waals surface area contributed by atoms with Gasteiger partial charge >= 0.3 is 0 Å². The Kier molecular flexibility index (Phi) is 6.14. The fraction of sp³-hybridized carbons (Fsp3) is 0.304. The molecule has 0 saturated carbocycles. The number of aromatic nitrogens is 1. The second-order valence-corrected chi connectivity index (χ2v) is 8.08. The van der Waals surface area contributed by atoms with Gasteiger partial charge in [-0.2, -0.15) is 0 Å². The summed E-state index contributed by atoms with van der Waals surface area (Å²) in [5.41, 5.74) is 3.45. The van der Waals surface area contributed by atoms with Gasteiger partial charge in [0.15, 0.2) is 0 Å². The van der Waals surface area contributed by atoms with E-state index >= 15 is 0 Å². The molecule has 0 unspecified atom stereocenters. The standard InChI is InChI=1S/C23H25N3OS/c27-23(12-11-19-7-3-1-4-8-19)26-15-13-25(14-16-26)17-22-24-21(18-28-22)20-9-5-2-6-10-20/h1-10,18H,11-17H2. The smallest absolute Gasteiger partial charge is 0.222 e. The monoisotopic (exact) mass is 391 g/mol. The number of amides is 1. The number of rotatable bonds is 6. The largest absolute Gasteiger partial charge is 0.340 e. The topological polar surface area (TPSA) is 36.4 Å². The molecule has 3 aromatic rings. The van der Waals surface area contributed by atoms with Crippen molar-refractivity contribution in [3.63, 3.8) is 0 Å². The number of benzene rings is 2. The molecule has 0 atom stereocenters. The van der Waals surface area contributed by atoms with Gasteiger partial charge in [0, 0.05) is 43.5 Å². The molecule has 2 aromatic carbocycles. The van der Waals surface area contributed by atoms with Crippen LogP contribution in [0.5, 0.6) is 0 Å². The van der Waals surface area contributed by atoms with E-state index in [1.54, 1.807) is 11.3 Å². The van der Waals surface area contributed by atoms with Crippen molar-refractivity contribution >= 4 is 17.2 Å². The molecule has 0 N–H and O–H groups in total. The Labute approximate surface area is 170 Å². The molecule has 0 bridgehead atoms. The van der Waals surface area contributed by atoms with E-state index < -0.39 is 0 Å². The van der Waals surface area contributed by atoms with E-state index in [-0.39, 0.29) is 5.91 Å². The average molecular weight is 392 g/mol. The first kappa shape index (κ1) is 18.8. The first-order valence-electron chi connectivity index (χ1n) is 9.82. The van der Waals surface area contributed by atoms with E-state index in [2.05, 4.69) is 34.5 Å². The lowest BCUT2D eigenvalue weighted by Gasteiger charge is -2.34. The normalized spacial score (nSPS) is 14.9. The van der Waals surface area contributed by atoms with Crippen molar-refractivity contribution < 1.29 is 4.79 Å². The summed E-state index contributed by atoms with van der Waals surface area (Å²) in [6.07, 6.45) is 1.41. The van der Waals surface area contributed by atoms with Gasteiger partial charge in [0.2, 0.25) is 5.91 Å². The Bertz CT molecular complexity index is 886.